The van der Waals surface area contributed by atoms with Crippen molar-refractivity contribution in [2.45, 2.75) is 6.42 Å². The van der Waals surface area contributed by atoms with Crippen LogP contribution in [0.5, 0.6) is 11.5 Å². The van der Waals surface area contributed by atoms with Crippen LogP contribution in [-0.2, 0) is 21.2 Å². The fourth-order valence-electron chi connectivity index (χ4n) is 2.25. The van der Waals surface area contributed by atoms with Crippen LogP contribution in [0, 0.1) is 0 Å². The average molecular weight is 364 g/mol. The van der Waals surface area contributed by atoms with E-state index in [1.807, 2.05) is 0 Å². The minimum absolute atomic E-state index is 0.105. The average Bonchev–Trinajstić information content (AvgIpc) is 2.55. The van der Waals surface area contributed by atoms with Gasteiger partial charge in [-0.3, -0.25) is 9.52 Å². The van der Waals surface area contributed by atoms with E-state index in [-0.39, 0.29) is 12.3 Å². The highest BCUT2D eigenvalue weighted by Crippen LogP contribution is 2.28. The highest BCUT2D eigenvalue weighted by atomic mass is 32.2. The molecular weight excluding hydrogens is 344 g/mol. The lowest BCUT2D eigenvalue weighted by Crippen LogP contribution is -2.17. The monoisotopic (exact) mass is 364 g/mol. The first-order valence-corrected chi connectivity index (χ1v) is 9.29. The van der Waals surface area contributed by atoms with Crippen LogP contribution >= 0.6 is 0 Å². The molecule has 0 fully saturated rings. The number of anilines is 2. The molecule has 25 heavy (non-hydrogen) atoms. The van der Waals surface area contributed by atoms with Gasteiger partial charge < -0.3 is 14.8 Å². The summed E-state index contributed by atoms with van der Waals surface area (Å²) < 4.78 is 35.6. The van der Waals surface area contributed by atoms with E-state index in [1.54, 1.807) is 42.5 Å². The van der Waals surface area contributed by atoms with Crippen molar-refractivity contribution in [3.05, 3.63) is 48.0 Å². The SMILES string of the molecule is COc1ccc(CC(=O)Nc2ccccc2NS(C)(=O)=O)cc1OC. The van der Waals surface area contributed by atoms with Crippen molar-refractivity contribution in [1.82, 2.24) is 0 Å². The third-order valence-corrected chi connectivity index (χ3v) is 3.90. The second-order valence-electron chi connectivity index (χ2n) is 5.33. The van der Waals surface area contributed by atoms with Crippen LogP contribution in [0.2, 0.25) is 0 Å². The van der Waals surface area contributed by atoms with Gasteiger partial charge in [-0.05, 0) is 29.8 Å². The molecule has 0 spiro atoms. The van der Waals surface area contributed by atoms with Gasteiger partial charge in [-0.15, -0.1) is 0 Å². The fraction of sp³-hybridized carbons (Fsp3) is 0.235. The summed E-state index contributed by atoms with van der Waals surface area (Å²) in [7, 11) is -0.383. The molecule has 2 rings (SSSR count). The molecule has 0 aliphatic heterocycles. The Morgan fingerprint density at radius 1 is 1.00 bits per heavy atom. The Morgan fingerprint density at radius 3 is 2.24 bits per heavy atom. The molecule has 0 heterocycles. The van der Waals surface area contributed by atoms with Gasteiger partial charge in [0, 0.05) is 0 Å². The van der Waals surface area contributed by atoms with E-state index >= 15 is 0 Å². The van der Waals surface area contributed by atoms with Gasteiger partial charge in [0.15, 0.2) is 11.5 Å². The first kappa shape index (κ1) is 18.6. The number of nitrogens with one attached hydrogen (secondary N) is 2. The van der Waals surface area contributed by atoms with Gasteiger partial charge in [0.1, 0.15) is 0 Å². The molecule has 0 saturated carbocycles. The molecule has 8 heteroatoms. The molecule has 134 valence electrons. The minimum Gasteiger partial charge on any atom is -0.493 e. The molecule has 7 nitrogen and oxygen atoms in total. The van der Waals surface area contributed by atoms with Crippen LogP contribution in [-0.4, -0.2) is 34.8 Å². The van der Waals surface area contributed by atoms with E-state index in [9.17, 15) is 13.2 Å². The first-order chi connectivity index (χ1) is 11.8. The molecule has 0 aliphatic carbocycles. The molecule has 1 amide bonds. The zero-order chi connectivity index (χ0) is 18.4. The Balaban J connectivity index is 2.13. The Hall–Kier alpha value is -2.74. The standard InChI is InChI=1S/C17H20N2O5S/c1-23-15-9-8-12(10-16(15)24-2)11-17(20)18-13-6-4-5-7-14(13)19-25(3,21)22/h4-10,19H,11H2,1-3H3,(H,18,20). The maximum Gasteiger partial charge on any atom is 0.229 e. The van der Waals surface area contributed by atoms with Crippen LogP contribution in [0.15, 0.2) is 42.5 Å². The number of carbonyl (C=O) groups excluding carboxylic acids is 1. The van der Waals surface area contributed by atoms with Crippen molar-refractivity contribution in [1.29, 1.82) is 0 Å². The summed E-state index contributed by atoms with van der Waals surface area (Å²) in [5, 5.41) is 2.71. The fourth-order valence-corrected chi connectivity index (χ4v) is 2.83. The Morgan fingerprint density at radius 2 is 1.64 bits per heavy atom. The molecule has 0 aliphatic rings. The topological polar surface area (TPSA) is 93.7 Å². The lowest BCUT2D eigenvalue weighted by Gasteiger charge is -2.13. The van der Waals surface area contributed by atoms with Gasteiger partial charge in [0.25, 0.3) is 0 Å². The highest BCUT2D eigenvalue weighted by molar-refractivity contribution is 7.92. The second kappa shape index (κ2) is 7.89. The summed E-state index contributed by atoms with van der Waals surface area (Å²) in [6, 6.07) is 11.8. The van der Waals surface area contributed by atoms with Crippen molar-refractivity contribution in [2.24, 2.45) is 0 Å². The molecule has 0 aromatic heterocycles. The molecule has 2 N–H and O–H groups in total. The molecule has 2 aromatic rings. The maximum atomic E-state index is 12.3. The van der Waals surface area contributed by atoms with Crippen molar-refractivity contribution >= 4 is 27.3 Å². The number of para-hydroxylation sites is 2. The molecule has 0 atom stereocenters. The smallest absolute Gasteiger partial charge is 0.229 e. The van der Waals surface area contributed by atoms with Crippen LogP contribution < -0.4 is 19.5 Å². The Labute approximate surface area is 147 Å². The van der Waals surface area contributed by atoms with E-state index in [4.69, 9.17) is 9.47 Å². The zero-order valence-corrected chi connectivity index (χ0v) is 15.0. The van der Waals surface area contributed by atoms with Gasteiger partial charge in [-0.25, -0.2) is 8.42 Å². The van der Waals surface area contributed by atoms with Crippen molar-refractivity contribution in [3.8, 4) is 11.5 Å². The first-order valence-electron chi connectivity index (χ1n) is 7.40. The predicted octanol–water partition coefficient (Wildman–Crippen LogP) is 2.26. The molecule has 0 unspecified atom stereocenters. The second-order valence-corrected chi connectivity index (χ2v) is 7.08. The largest absolute Gasteiger partial charge is 0.493 e. The number of rotatable bonds is 7. The van der Waals surface area contributed by atoms with Crippen molar-refractivity contribution in [2.75, 3.05) is 30.5 Å². The number of hydrogen-bond acceptors (Lipinski definition) is 5. The molecular formula is C17H20N2O5S. The number of amides is 1. The predicted molar refractivity (Wildman–Crippen MR) is 96.8 cm³/mol. The van der Waals surface area contributed by atoms with Gasteiger partial charge in [-0.1, -0.05) is 18.2 Å². The third-order valence-electron chi connectivity index (χ3n) is 3.31. The van der Waals surface area contributed by atoms with Gasteiger partial charge in [-0.2, -0.15) is 0 Å². The summed E-state index contributed by atoms with van der Waals surface area (Å²) >= 11 is 0. The highest BCUT2D eigenvalue weighted by Gasteiger charge is 2.12. The van der Waals surface area contributed by atoms with Crippen LogP contribution in [0.1, 0.15) is 5.56 Å². The number of carbonyl (C=O) groups is 1. The quantitative estimate of drug-likeness (QED) is 0.786. The van der Waals surface area contributed by atoms with Crippen molar-refractivity contribution in [3.63, 3.8) is 0 Å². The van der Waals surface area contributed by atoms with Crippen LogP contribution in [0.3, 0.4) is 0 Å². The third kappa shape index (κ3) is 5.39. The van der Waals surface area contributed by atoms with Gasteiger partial charge in [0.2, 0.25) is 15.9 Å². The maximum absolute atomic E-state index is 12.3. The van der Waals surface area contributed by atoms with Crippen LogP contribution in [0.25, 0.3) is 0 Å². The van der Waals surface area contributed by atoms with Crippen LogP contribution in [0.4, 0.5) is 11.4 Å². The molecule has 0 radical (unpaired) electrons. The summed E-state index contributed by atoms with van der Waals surface area (Å²) in [5.74, 6) is 0.830. The Kier molecular flexibility index (Phi) is 5.87. The molecule has 0 saturated heterocycles. The lowest BCUT2D eigenvalue weighted by molar-refractivity contribution is -0.115. The van der Waals surface area contributed by atoms with E-state index in [2.05, 4.69) is 10.0 Å². The number of sulfonamides is 1. The summed E-state index contributed by atoms with van der Waals surface area (Å²) in [4.78, 5) is 12.3. The van der Waals surface area contributed by atoms with Gasteiger partial charge in [0.05, 0.1) is 38.3 Å². The zero-order valence-electron chi connectivity index (χ0n) is 14.2. The summed E-state index contributed by atoms with van der Waals surface area (Å²) in [6.45, 7) is 0. The summed E-state index contributed by atoms with van der Waals surface area (Å²) in [6.07, 6.45) is 1.16. The normalized spacial score (nSPS) is 10.8. The summed E-state index contributed by atoms with van der Waals surface area (Å²) in [5.41, 5.74) is 1.44. The van der Waals surface area contributed by atoms with Crippen molar-refractivity contribution < 1.29 is 22.7 Å². The lowest BCUT2D eigenvalue weighted by atomic mass is 10.1. The van der Waals surface area contributed by atoms with E-state index < -0.39 is 10.0 Å². The number of ether oxygens (including phenoxy) is 2. The molecule has 0 bridgehead atoms. The Bertz CT molecular complexity index is 865. The molecule has 2 aromatic carbocycles. The number of methoxy groups -OCH3 is 2. The van der Waals surface area contributed by atoms with Gasteiger partial charge >= 0.3 is 0 Å². The van der Waals surface area contributed by atoms with E-state index in [0.29, 0.717) is 22.9 Å². The van der Waals surface area contributed by atoms with E-state index in [1.165, 1.54) is 14.2 Å². The minimum atomic E-state index is -3.44. The number of benzene rings is 2. The number of hydrogen-bond donors (Lipinski definition) is 2. The van der Waals surface area contributed by atoms with E-state index in [0.717, 1.165) is 11.8 Å².